The molecule has 156 valence electrons. The van der Waals surface area contributed by atoms with Gasteiger partial charge in [-0.15, -0.1) is 0 Å². The second kappa shape index (κ2) is 10.1. The fraction of sp³-hybridized carbons (Fsp3) is 0.571. The van der Waals surface area contributed by atoms with Crippen LogP contribution >= 0.6 is 0 Å². The molecule has 0 saturated carbocycles. The topological polar surface area (TPSA) is 75.7 Å². The minimum Gasteiger partial charge on any atom is -0.495 e. The summed E-state index contributed by atoms with van der Waals surface area (Å²) in [5.74, 6) is 0.157. The summed E-state index contributed by atoms with van der Waals surface area (Å²) in [5, 5.41) is 2.83. The van der Waals surface area contributed by atoms with Gasteiger partial charge in [-0.05, 0) is 55.7 Å². The highest BCUT2D eigenvalue weighted by molar-refractivity contribution is 7.89. The monoisotopic (exact) mass is 408 g/mol. The molecule has 0 atom stereocenters. The zero-order valence-electron chi connectivity index (χ0n) is 17.3. The number of nitrogens with zero attached hydrogens (tertiary/aromatic N) is 1. The molecule has 0 fully saturated rings. The molecule has 1 N–H and O–H groups in total. The van der Waals surface area contributed by atoms with Gasteiger partial charge in [0.25, 0.3) is 0 Å². The predicted octanol–water partition coefficient (Wildman–Crippen LogP) is 3.45. The number of amides is 1. The van der Waals surface area contributed by atoms with E-state index >= 15 is 0 Å². The molecule has 6 nitrogen and oxygen atoms in total. The number of ether oxygens (including phenoxy) is 1. The number of carbonyl (C=O) groups is 1. The molecule has 1 amide bonds. The largest absolute Gasteiger partial charge is 0.495 e. The molecule has 28 heavy (non-hydrogen) atoms. The SMILES string of the molecule is COc1ccc(C(C)C)cc1S(=O)(=O)N(C)CC(=O)NCCC1=CCCCC1. The molecule has 7 heteroatoms. The highest BCUT2D eigenvalue weighted by Crippen LogP contribution is 2.29. The fourth-order valence-electron chi connectivity index (χ4n) is 3.26. The molecular weight excluding hydrogens is 376 g/mol. The first-order valence-electron chi connectivity index (χ1n) is 9.84. The van der Waals surface area contributed by atoms with Crippen molar-refractivity contribution in [2.45, 2.75) is 56.8 Å². The summed E-state index contributed by atoms with van der Waals surface area (Å²) >= 11 is 0. The summed E-state index contributed by atoms with van der Waals surface area (Å²) < 4.78 is 32.3. The summed E-state index contributed by atoms with van der Waals surface area (Å²) in [6, 6.07) is 5.14. The molecule has 0 bridgehead atoms. The van der Waals surface area contributed by atoms with E-state index in [1.54, 1.807) is 12.1 Å². The lowest BCUT2D eigenvalue weighted by molar-refractivity contribution is -0.121. The van der Waals surface area contributed by atoms with Crippen LogP contribution in [0.3, 0.4) is 0 Å². The Morgan fingerprint density at radius 3 is 2.64 bits per heavy atom. The lowest BCUT2D eigenvalue weighted by atomic mass is 9.97. The summed E-state index contributed by atoms with van der Waals surface area (Å²) in [6.07, 6.45) is 7.72. The molecule has 1 aliphatic rings. The van der Waals surface area contributed by atoms with Crippen LogP contribution in [0.4, 0.5) is 0 Å². The summed E-state index contributed by atoms with van der Waals surface area (Å²) in [5.41, 5.74) is 2.28. The minimum absolute atomic E-state index is 0.0869. The maximum atomic E-state index is 13.0. The van der Waals surface area contributed by atoms with Crippen LogP contribution in [0.25, 0.3) is 0 Å². The Hall–Kier alpha value is -1.86. The van der Waals surface area contributed by atoms with Crippen LogP contribution in [0.5, 0.6) is 5.75 Å². The molecule has 0 unspecified atom stereocenters. The number of rotatable bonds is 9. The zero-order chi connectivity index (χ0) is 20.7. The zero-order valence-corrected chi connectivity index (χ0v) is 18.1. The normalized spacial score (nSPS) is 14.9. The first-order valence-corrected chi connectivity index (χ1v) is 11.3. The predicted molar refractivity (Wildman–Crippen MR) is 111 cm³/mol. The standard InChI is InChI=1S/C21H32N2O4S/c1-16(2)18-10-11-19(27-4)20(14-18)28(25,26)23(3)15-21(24)22-13-12-17-8-6-5-7-9-17/h8,10-11,14,16H,5-7,9,12-13,15H2,1-4H3,(H,22,24). The van der Waals surface area contributed by atoms with E-state index < -0.39 is 10.0 Å². The van der Waals surface area contributed by atoms with Crippen molar-refractivity contribution in [1.29, 1.82) is 0 Å². The molecule has 0 aliphatic heterocycles. The lowest BCUT2D eigenvalue weighted by Gasteiger charge is -2.20. The first kappa shape index (κ1) is 22.4. The molecule has 0 saturated heterocycles. The van der Waals surface area contributed by atoms with Gasteiger partial charge in [-0.2, -0.15) is 4.31 Å². The average Bonchev–Trinajstić information content (AvgIpc) is 2.68. The van der Waals surface area contributed by atoms with Crippen molar-refractivity contribution < 1.29 is 17.9 Å². The van der Waals surface area contributed by atoms with E-state index in [-0.39, 0.29) is 29.0 Å². The number of methoxy groups -OCH3 is 1. The van der Waals surface area contributed by atoms with E-state index in [1.807, 2.05) is 19.9 Å². The van der Waals surface area contributed by atoms with Gasteiger partial charge >= 0.3 is 0 Å². The Balaban J connectivity index is 2.01. The lowest BCUT2D eigenvalue weighted by Crippen LogP contribution is -2.38. The third-order valence-electron chi connectivity index (χ3n) is 5.06. The van der Waals surface area contributed by atoms with Crippen LogP contribution < -0.4 is 10.1 Å². The summed E-state index contributed by atoms with van der Waals surface area (Å²) in [6.45, 7) is 4.30. The fourth-order valence-corrected chi connectivity index (χ4v) is 4.57. The molecule has 0 radical (unpaired) electrons. The Kier molecular flexibility index (Phi) is 8.07. The molecule has 1 aliphatic carbocycles. The number of hydrogen-bond acceptors (Lipinski definition) is 4. The number of nitrogens with one attached hydrogen (secondary N) is 1. The highest BCUT2D eigenvalue weighted by Gasteiger charge is 2.27. The van der Waals surface area contributed by atoms with Crippen LogP contribution in [-0.2, 0) is 14.8 Å². The first-order chi connectivity index (χ1) is 13.3. The van der Waals surface area contributed by atoms with Crippen molar-refractivity contribution >= 4 is 15.9 Å². The van der Waals surface area contributed by atoms with Gasteiger partial charge in [0.05, 0.1) is 13.7 Å². The maximum Gasteiger partial charge on any atom is 0.246 e. The van der Waals surface area contributed by atoms with E-state index in [0.29, 0.717) is 6.54 Å². The van der Waals surface area contributed by atoms with Crippen LogP contribution in [0.1, 0.15) is 57.4 Å². The van der Waals surface area contributed by atoms with Crippen molar-refractivity contribution in [2.75, 3.05) is 27.2 Å². The van der Waals surface area contributed by atoms with Crippen molar-refractivity contribution in [1.82, 2.24) is 9.62 Å². The quantitative estimate of drug-likeness (QED) is 0.635. The van der Waals surface area contributed by atoms with Gasteiger partial charge < -0.3 is 10.1 Å². The molecule has 0 spiro atoms. The van der Waals surface area contributed by atoms with Crippen LogP contribution in [-0.4, -0.2) is 45.9 Å². The van der Waals surface area contributed by atoms with Gasteiger partial charge in [0.1, 0.15) is 10.6 Å². The molecule has 1 aromatic carbocycles. The highest BCUT2D eigenvalue weighted by atomic mass is 32.2. The van der Waals surface area contributed by atoms with E-state index in [2.05, 4.69) is 11.4 Å². The number of allylic oxidation sites excluding steroid dienone is 1. The van der Waals surface area contributed by atoms with Gasteiger partial charge in [0.2, 0.25) is 15.9 Å². The van der Waals surface area contributed by atoms with Crippen molar-refractivity contribution in [3.8, 4) is 5.75 Å². The van der Waals surface area contributed by atoms with Crippen molar-refractivity contribution in [2.24, 2.45) is 0 Å². The van der Waals surface area contributed by atoms with Crippen molar-refractivity contribution in [3.05, 3.63) is 35.4 Å². The van der Waals surface area contributed by atoms with Crippen LogP contribution in [0, 0.1) is 0 Å². The number of sulfonamides is 1. The van der Waals surface area contributed by atoms with Gasteiger partial charge in [-0.3, -0.25) is 4.79 Å². The second-order valence-corrected chi connectivity index (χ2v) is 9.55. The molecule has 2 rings (SSSR count). The molecular formula is C21H32N2O4S. The molecule has 1 aromatic rings. The Bertz CT molecular complexity index is 816. The van der Waals surface area contributed by atoms with Crippen LogP contribution in [0.2, 0.25) is 0 Å². The van der Waals surface area contributed by atoms with E-state index in [0.717, 1.165) is 29.1 Å². The Labute approximate surface area is 169 Å². The van der Waals surface area contributed by atoms with Gasteiger partial charge in [-0.25, -0.2) is 8.42 Å². The van der Waals surface area contributed by atoms with Gasteiger partial charge in [0.15, 0.2) is 0 Å². The van der Waals surface area contributed by atoms with Crippen molar-refractivity contribution in [3.63, 3.8) is 0 Å². The average molecular weight is 409 g/mol. The molecule has 0 aromatic heterocycles. The van der Waals surface area contributed by atoms with E-state index in [4.69, 9.17) is 4.74 Å². The van der Waals surface area contributed by atoms with E-state index in [9.17, 15) is 13.2 Å². The Morgan fingerprint density at radius 2 is 2.04 bits per heavy atom. The third kappa shape index (κ3) is 5.82. The summed E-state index contributed by atoms with van der Waals surface area (Å²) in [4.78, 5) is 12.3. The van der Waals surface area contributed by atoms with E-state index in [1.165, 1.54) is 32.6 Å². The second-order valence-electron chi connectivity index (χ2n) is 7.53. The number of likely N-dealkylation sites (N-methyl/N-ethyl adjacent to an activating group) is 1. The maximum absolute atomic E-state index is 13.0. The molecule has 0 heterocycles. The van der Waals surface area contributed by atoms with Gasteiger partial charge in [0, 0.05) is 13.6 Å². The Morgan fingerprint density at radius 1 is 1.29 bits per heavy atom. The van der Waals surface area contributed by atoms with Crippen LogP contribution in [0.15, 0.2) is 34.7 Å². The third-order valence-corrected chi connectivity index (χ3v) is 6.89. The van der Waals surface area contributed by atoms with Gasteiger partial charge in [-0.1, -0.05) is 31.6 Å². The number of hydrogen-bond donors (Lipinski definition) is 1. The smallest absolute Gasteiger partial charge is 0.246 e. The number of benzene rings is 1. The summed E-state index contributed by atoms with van der Waals surface area (Å²) in [7, 11) is -0.985. The number of carbonyl (C=O) groups excluding carboxylic acids is 1. The minimum atomic E-state index is -3.84.